The maximum atomic E-state index is 14.6. The summed E-state index contributed by atoms with van der Waals surface area (Å²) in [7, 11) is 3.03. The molecule has 0 bridgehead atoms. The molecule has 0 radical (unpaired) electrons. The van der Waals surface area contributed by atoms with Crippen molar-refractivity contribution in [1.82, 2.24) is 9.97 Å². The van der Waals surface area contributed by atoms with E-state index in [1.165, 1.54) is 14.2 Å². The molecule has 0 amide bonds. The number of aliphatic hydroxyl groups is 1. The van der Waals surface area contributed by atoms with Crippen molar-refractivity contribution in [2.45, 2.75) is 12.7 Å². The van der Waals surface area contributed by atoms with Crippen LogP contribution in [0, 0.1) is 5.82 Å². The predicted octanol–water partition coefficient (Wildman–Crippen LogP) is 1.63. The molecule has 2 heterocycles. The summed E-state index contributed by atoms with van der Waals surface area (Å²) in [5.74, 6) is 0.217. The van der Waals surface area contributed by atoms with Crippen LogP contribution in [0.2, 0.25) is 0 Å². The molecule has 1 fully saturated rings. The van der Waals surface area contributed by atoms with Gasteiger partial charge in [-0.2, -0.15) is 0 Å². The summed E-state index contributed by atoms with van der Waals surface area (Å²) in [5.41, 5.74) is 2.38. The standard InChI is InChI=1S/C19H23FN4O4/c1-26-11-13-4-3-5-17(18(13)20)14-6-21-19(22-7-14)24-8-15(9-24)23-28-12-16(10-25)27-2/h3-7,16,25H,8-12H2,1-2H3. The van der Waals surface area contributed by atoms with Crippen molar-refractivity contribution in [3.8, 4) is 11.1 Å². The first-order chi connectivity index (χ1) is 13.7. The highest BCUT2D eigenvalue weighted by atomic mass is 19.1. The second-order valence-corrected chi connectivity index (χ2v) is 6.33. The van der Waals surface area contributed by atoms with E-state index in [-0.39, 0.29) is 31.7 Å². The minimum atomic E-state index is -0.390. The molecule has 0 aliphatic carbocycles. The Morgan fingerprint density at radius 2 is 2.00 bits per heavy atom. The summed E-state index contributed by atoms with van der Waals surface area (Å²) in [6.07, 6.45) is 2.82. The largest absolute Gasteiger partial charge is 0.394 e. The average molecular weight is 390 g/mol. The molecule has 1 aliphatic heterocycles. The molecule has 1 unspecified atom stereocenters. The topological polar surface area (TPSA) is 89.3 Å². The van der Waals surface area contributed by atoms with Gasteiger partial charge in [-0.25, -0.2) is 14.4 Å². The van der Waals surface area contributed by atoms with E-state index in [1.54, 1.807) is 30.6 Å². The molecule has 0 saturated carbocycles. The number of halogens is 1. The number of oxime groups is 1. The molecule has 1 aromatic carbocycles. The third-order valence-electron chi connectivity index (χ3n) is 4.35. The van der Waals surface area contributed by atoms with Gasteiger partial charge in [0.2, 0.25) is 5.95 Å². The minimum Gasteiger partial charge on any atom is -0.394 e. The molecule has 1 atom stereocenters. The van der Waals surface area contributed by atoms with E-state index < -0.39 is 0 Å². The number of benzene rings is 1. The Bertz CT molecular complexity index is 804. The maximum Gasteiger partial charge on any atom is 0.225 e. The van der Waals surface area contributed by atoms with Gasteiger partial charge in [-0.3, -0.25) is 0 Å². The van der Waals surface area contributed by atoms with E-state index in [9.17, 15) is 4.39 Å². The van der Waals surface area contributed by atoms with Crippen molar-refractivity contribution in [1.29, 1.82) is 0 Å². The monoisotopic (exact) mass is 390 g/mol. The molecule has 0 spiro atoms. The second-order valence-electron chi connectivity index (χ2n) is 6.33. The van der Waals surface area contributed by atoms with Crippen LogP contribution in [-0.4, -0.2) is 67.4 Å². The quantitative estimate of drug-likeness (QED) is 0.651. The van der Waals surface area contributed by atoms with Gasteiger partial charge in [0.1, 0.15) is 18.5 Å². The van der Waals surface area contributed by atoms with Crippen LogP contribution in [0.15, 0.2) is 35.7 Å². The van der Waals surface area contributed by atoms with Crippen molar-refractivity contribution in [2.24, 2.45) is 5.16 Å². The van der Waals surface area contributed by atoms with Crippen LogP contribution in [0.4, 0.5) is 10.3 Å². The van der Waals surface area contributed by atoms with Gasteiger partial charge in [0, 0.05) is 43.3 Å². The SMILES string of the molecule is COCc1cccc(-c2cnc(N3CC(=NOCC(CO)OC)C3)nc2)c1F. The molecule has 3 rings (SSSR count). The number of aromatic nitrogens is 2. The van der Waals surface area contributed by atoms with Gasteiger partial charge in [-0.1, -0.05) is 23.4 Å². The lowest BCUT2D eigenvalue weighted by atomic mass is 10.1. The zero-order valence-corrected chi connectivity index (χ0v) is 15.8. The first kappa shape index (κ1) is 20.1. The summed E-state index contributed by atoms with van der Waals surface area (Å²) in [5, 5.41) is 13.0. The van der Waals surface area contributed by atoms with Crippen molar-refractivity contribution < 1.29 is 23.8 Å². The molecule has 1 N–H and O–H groups in total. The van der Waals surface area contributed by atoms with Gasteiger partial charge in [0.15, 0.2) is 0 Å². The second kappa shape index (κ2) is 9.54. The van der Waals surface area contributed by atoms with E-state index in [1.807, 2.05) is 4.90 Å². The number of aliphatic hydroxyl groups excluding tert-OH is 1. The van der Waals surface area contributed by atoms with Gasteiger partial charge in [0.25, 0.3) is 0 Å². The third-order valence-corrected chi connectivity index (χ3v) is 4.35. The zero-order valence-electron chi connectivity index (χ0n) is 15.8. The lowest BCUT2D eigenvalue weighted by Crippen LogP contribution is -2.48. The molecular weight excluding hydrogens is 367 g/mol. The van der Waals surface area contributed by atoms with Gasteiger partial charge in [-0.05, 0) is 0 Å². The Hall–Kier alpha value is -2.62. The number of nitrogens with zero attached hydrogens (tertiary/aromatic N) is 4. The zero-order chi connectivity index (χ0) is 19.9. The molecule has 28 heavy (non-hydrogen) atoms. The summed E-state index contributed by atoms with van der Waals surface area (Å²) < 4.78 is 24.6. The highest BCUT2D eigenvalue weighted by Gasteiger charge is 2.25. The number of anilines is 1. The molecule has 1 aliphatic rings. The lowest BCUT2D eigenvalue weighted by Gasteiger charge is -2.31. The van der Waals surface area contributed by atoms with E-state index >= 15 is 0 Å². The van der Waals surface area contributed by atoms with E-state index in [0.29, 0.717) is 35.7 Å². The van der Waals surface area contributed by atoms with Crippen LogP contribution in [0.25, 0.3) is 11.1 Å². The van der Waals surface area contributed by atoms with Gasteiger partial charge in [-0.15, -0.1) is 0 Å². The fourth-order valence-electron chi connectivity index (χ4n) is 2.69. The maximum absolute atomic E-state index is 14.6. The lowest BCUT2D eigenvalue weighted by molar-refractivity contribution is -0.0188. The Balaban J connectivity index is 1.59. The van der Waals surface area contributed by atoms with Crippen molar-refractivity contribution in [2.75, 3.05) is 45.4 Å². The first-order valence-electron chi connectivity index (χ1n) is 8.81. The smallest absolute Gasteiger partial charge is 0.225 e. The minimum absolute atomic E-state index is 0.122. The molecule has 150 valence electrons. The van der Waals surface area contributed by atoms with Crippen LogP contribution in [0.1, 0.15) is 5.56 Å². The van der Waals surface area contributed by atoms with Crippen LogP contribution < -0.4 is 4.90 Å². The normalized spacial score (nSPS) is 14.6. The number of methoxy groups -OCH3 is 2. The number of ether oxygens (including phenoxy) is 2. The molecule has 1 saturated heterocycles. The molecule has 1 aromatic heterocycles. The highest BCUT2D eigenvalue weighted by Crippen LogP contribution is 2.25. The fourth-order valence-corrected chi connectivity index (χ4v) is 2.69. The number of hydrogen-bond acceptors (Lipinski definition) is 8. The molecule has 8 nitrogen and oxygen atoms in total. The van der Waals surface area contributed by atoms with Crippen LogP contribution in [-0.2, 0) is 20.9 Å². The summed E-state index contributed by atoms with van der Waals surface area (Å²) in [6, 6.07) is 5.16. The molecule has 9 heteroatoms. The average Bonchev–Trinajstić information content (AvgIpc) is 2.69. The molecule has 2 aromatic rings. The third kappa shape index (κ3) is 4.61. The van der Waals surface area contributed by atoms with E-state index in [4.69, 9.17) is 19.4 Å². The van der Waals surface area contributed by atoms with Gasteiger partial charge in [0.05, 0.1) is 32.0 Å². The van der Waals surface area contributed by atoms with Crippen molar-refractivity contribution in [3.63, 3.8) is 0 Å². The van der Waals surface area contributed by atoms with Gasteiger partial charge >= 0.3 is 0 Å². The highest BCUT2D eigenvalue weighted by molar-refractivity contribution is 5.98. The number of hydrogen-bond donors (Lipinski definition) is 1. The summed E-state index contributed by atoms with van der Waals surface area (Å²) in [6.45, 7) is 1.37. The predicted molar refractivity (Wildman–Crippen MR) is 102 cm³/mol. The Kier molecular flexibility index (Phi) is 6.85. The van der Waals surface area contributed by atoms with Crippen LogP contribution in [0.5, 0.6) is 0 Å². The fraction of sp³-hybridized carbons (Fsp3) is 0.421. The summed E-state index contributed by atoms with van der Waals surface area (Å²) in [4.78, 5) is 15.8. The van der Waals surface area contributed by atoms with E-state index in [0.717, 1.165) is 5.71 Å². The summed E-state index contributed by atoms with van der Waals surface area (Å²) >= 11 is 0. The van der Waals surface area contributed by atoms with Crippen molar-refractivity contribution in [3.05, 3.63) is 42.0 Å². The number of rotatable bonds is 9. The van der Waals surface area contributed by atoms with Crippen molar-refractivity contribution >= 4 is 11.7 Å². The van der Waals surface area contributed by atoms with Crippen LogP contribution in [0.3, 0.4) is 0 Å². The van der Waals surface area contributed by atoms with E-state index in [2.05, 4.69) is 15.1 Å². The Morgan fingerprint density at radius 1 is 1.25 bits per heavy atom. The molecular formula is C19H23FN4O4. The Labute approximate surface area is 162 Å². The first-order valence-corrected chi connectivity index (χ1v) is 8.81. The van der Waals surface area contributed by atoms with Crippen LogP contribution >= 0.6 is 0 Å². The Morgan fingerprint density at radius 3 is 2.64 bits per heavy atom. The van der Waals surface area contributed by atoms with Gasteiger partial charge < -0.3 is 24.3 Å².